The minimum Gasteiger partial charge on any atom is -0.490 e. The minimum atomic E-state index is -0.463. The SMILES string of the molecule is C=CCOc1ccc2oc(C(=O)N[C@@H](C=C3CCN(c4ccccc4CN4CCCCC4=O)CC3)Cc3ccc(Cl)cc3)cc(=O)c2c1. The largest absolute Gasteiger partial charge is 0.490 e. The second kappa shape index (κ2) is 15.4. The van der Waals surface area contributed by atoms with Gasteiger partial charge in [0.1, 0.15) is 17.9 Å². The molecule has 1 atom stereocenters. The highest BCUT2D eigenvalue weighted by atomic mass is 35.5. The molecule has 2 fully saturated rings. The third kappa shape index (κ3) is 8.17. The number of piperidine rings is 2. The Bertz CT molecular complexity index is 1870. The van der Waals surface area contributed by atoms with Crippen molar-refractivity contribution in [2.75, 3.05) is 31.1 Å². The lowest BCUT2D eigenvalue weighted by molar-refractivity contribution is -0.133. The van der Waals surface area contributed by atoms with E-state index < -0.39 is 5.91 Å². The van der Waals surface area contributed by atoms with E-state index in [1.165, 1.54) is 22.9 Å². The van der Waals surface area contributed by atoms with Gasteiger partial charge in [0.2, 0.25) is 5.91 Å². The molecule has 0 spiro atoms. The van der Waals surface area contributed by atoms with E-state index in [-0.39, 0.29) is 23.1 Å². The number of para-hydroxylation sites is 1. The topological polar surface area (TPSA) is 92.1 Å². The Kier molecular flexibility index (Phi) is 10.6. The summed E-state index contributed by atoms with van der Waals surface area (Å²) >= 11 is 6.14. The Morgan fingerprint density at radius 1 is 0.979 bits per heavy atom. The van der Waals surface area contributed by atoms with Crippen LogP contribution in [0.4, 0.5) is 5.69 Å². The van der Waals surface area contributed by atoms with E-state index in [0.717, 1.165) is 50.9 Å². The molecule has 0 aliphatic carbocycles. The first kappa shape index (κ1) is 33.1. The summed E-state index contributed by atoms with van der Waals surface area (Å²) < 4.78 is 11.4. The van der Waals surface area contributed by atoms with Crippen molar-refractivity contribution in [2.24, 2.45) is 0 Å². The Balaban J connectivity index is 1.18. The lowest BCUT2D eigenvalue weighted by Crippen LogP contribution is -2.37. The van der Waals surface area contributed by atoms with Gasteiger partial charge in [-0.3, -0.25) is 14.4 Å². The van der Waals surface area contributed by atoms with Gasteiger partial charge in [-0.25, -0.2) is 0 Å². The van der Waals surface area contributed by atoms with Crippen LogP contribution in [0.5, 0.6) is 5.75 Å². The van der Waals surface area contributed by atoms with Gasteiger partial charge in [0.25, 0.3) is 5.91 Å². The third-order valence-corrected chi connectivity index (χ3v) is 9.19. The van der Waals surface area contributed by atoms with Crippen molar-refractivity contribution in [3.63, 3.8) is 0 Å². The molecule has 0 saturated carbocycles. The van der Waals surface area contributed by atoms with E-state index >= 15 is 0 Å². The average molecular weight is 666 g/mol. The third-order valence-electron chi connectivity index (χ3n) is 8.93. The van der Waals surface area contributed by atoms with Crippen molar-refractivity contribution in [3.8, 4) is 5.75 Å². The molecule has 8 nitrogen and oxygen atoms in total. The molecule has 0 unspecified atom stereocenters. The van der Waals surface area contributed by atoms with Crippen LogP contribution in [-0.2, 0) is 17.8 Å². The van der Waals surface area contributed by atoms with Crippen LogP contribution in [0.25, 0.3) is 11.0 Å². The van der Waals surface area contributed by atoms with Gasteiger partial charge in [-0.05, 0) is 79.6 Å². The number of carbonyl (C=O) groups excluding carboxylic acids is 2. The summed E-state index contributed by atoms with van der Waals surface area (Å²) in [5, 5.41) is 4.09. The highest BCUT2D eigenvalue weighted by Gasteiger charge is 2.23. The van der Waals surface area contributed by atoms with Crippen LogP contribution in [0.2, 0.25) is 5.02 Å². The normalized spacial score (nSPS) is 15.7. The minimum absolute atomic E-state index is 0.0506. The molecule has 9 heteroatoms. The molecule has 248 valence electrons. The van der Waals surface area contributed by atoms with Crippen molar-refractivity contribution in [2.45, 2.75) is 51.1 Å². The van der Waals surface area contributed by atoms with E-state index in [1.807, 2.05) is 35.2 Å². The summed E-state index contributed by atoms with van der Waals surface area (Å²) in [4.78, 5) is 43.4. The monoisotopic (exact) mass is 665 g/mol. The lowest BCUT2D eigenvalue weighted by Gasteiger charge is -2.34. The molecule has 0 radical (unpaired) electrons. The van der Waals surface area contributed by atoms with Gasteiger partial charge in [-0.2, -0.15) is 0 Å². The van der Waals surface area contributed by atoms with Gasteiger partial charge >= 0.3 is 0 Å². The number of rotatable bonds is 11. The number of nitrogens with one attached hydrogen (secondary N) is 1. The fourth-order valence-electron chi connectivity index (χ4n) is 6.43. The molecule has 1 N–H and O–H groups in total. The summed E-state index contributed by atoms with van der Waals surface area (Å²) in [6.07, 6.45) is 8.65. The number of anilines is 1. The molecule has 0 bridgehead atoms. The van der Waals surface area contributed by atoms with Crippen molar-refractivity contribution in [3.05, 3.63) is 129 Å². The maximum atomic E-state index is 13.5. The molecular formula is C39H40ClN3O5. The number of hydrogen-bond donors (Lipinski definition) is 1. The Morgan fingerprint density at radius 3 is 2.54 bits per heavy atom. The van der Waals surface area contributed by atoms with E-state index in [4.69, 9.17) is 20.8 Å². The average Bonchev–Trinajstić information content (AvgIpc) is 3.10. The van der Waals surface area contributed by atoms with Gasteiger partial charge in [0, 0.05) is 49.4 Å². The fraction of sp³-hybridized carbons (Fsp3) is 0.308. The molecule has 2 amide bonds. The Labute approximate surface area is 285 Å². The smallest absolute Gasteiger partial charge is 0.287 e. The molecule has 48 heavy (non-hydrogen) atoms. The predicted octanol–water partition coefficient (Wildman–Crippen LogP) is 7.09. The van der Waals surface area contributed by atoms with Gasteiger partial charge in [0.15, 0.2) is 11.2 Å². The van der Waals surface area contributed by atoms with Gasteiger partial charge in [0.05, 0.1) is 11.4 Å². The van der Waals surface area contributed by atoms with Crippen LogP contribution in [0, 0.1) is 0 Å². The molecule has 3 heterocycles. The van der Waals surface area contributed by atoms with Crippen molar-refractivity contribution in [1.29, 1.82) is 0 Å². The standard InChI is InChI=1S/C39H40ClN3O5/c1-2-21-47-32-14-15-36-33(24-32)35(44)25-37(48-36)39(46)41-31(22-27-10-12-30(40)13-11-27)23-28-16-19-42(20-17-28)34-8-4-3-7-29(34)26-43-18-6-5-9-38(43)45/h2-4,7-8,10-15,23-25,31H,1,5-6,9,16-22,26H2,(H,41,46)/t31-/m1/s1. The number of carbonyl (C=O) groups is 2. The number of benzene rings is 3. The van der Waals surface area contributed by atoms with Crippen molar-refractivity contribution >= 4 is 40.1 Å². The van der Waals surface area contributed by atoms with E-state index in [2.05, 4.69) is 41.1 Å². The Hall–Kier alpha value is -4.82. The Morgan fingerprint density at radius 2 is 1.77 bits per heavy atom. The lowest BCUT2D eigenvalue weighted by atomic mass is 9.97. The van der Waals surface area contributed by atoms with E-state index in [0.29, 0.717) is 47.7 Å². The number of hydrogen-bond acceptors (Lipinski definition) is 6. The molecule has 2 saturated heterocycles. The fourth-order valence-corrected chi connectivity index (χ4v) is 6.56. The molecular weight excluding hydrogens is 626 g/mol. The first-order valence-electron chi connectivity index (χ1n) is 16.5. The van der Waals surface area contributed by atoms with E-state index in [9.17, 15) is 14.4 Å². The number of fused-ring (bicyclic) bond motifs is 1. The summed E-state index contributed by atoms with van der Waals surface area (Å²) in [6.45, 7) is 7.07. The first-order valence-corrected chi connectivity index (χ1v) is 16.9. The quantitative estimate of drug-likeness (QED) is 0.172. The molecule has 2 aliphatic rings. The second-order valence-corrected chi connectivity index (χ2v) is 12.8. The van der Waals surface area contributed by atoms with E-state index in [1.54, 1.807) is 24.3 Å². The highest BCUT2D eigenvalue weighted by Crippen LogP contribution is 2.29. The molecule has 4 aromatic rings. The number of ether oxygens (including phenoxy) is 1. The highest BCUT2D eigenvalue weighted by molar-refractivity contribution is 6.30. The number of likely N-dealkylation sites (tertiary alicyclic amines) is 1. The summed E-state index contributed by atoms with van der Waals surface area (Å²) in [5.41, 5.74) is 4.60. The first-order chi connectivity index (χ1) is 23.4. The predicted molar refractivity (Wildman–Crippen MR) is 190 cm³/mol. The zero-order valence-corrected chi connectivity index (χ0v) is 27.7. The zero-order chi connectivity index (χ0) is 33.5. The number of nitrogens with zero attached hydrogens (tertiary/aromatic N) is 2. The molecule has 2 aliphatic heterocycles. The summed E-state index contributed by atoms with van der Waals surface area (Å²) in [7, 11) is 0. The molecule has 3 aromatic carbocycles. The number of halogens is 1. The van der Waals surface area contributed by atoms with Gasteiger partial charge in [-0.15, -0.1) is 0 Å². The zero-order valence-electron chi connectivity index (χ0n) is 27.0. The van der Waals surface area contributed by atoms with Gasteiger partial charge in [-0.1, -0.05) is 66.2 Å². The maximum absolute atomic E-state index is 13.5. The maximum Gasteiger partial charge on any atom is 0.287 e. The summed E-state index contributed by atoms with van der Waals surface area (Å²) in [5.74, 6) is 0.244. The second-order valence-electron chi connectivity index (χ2n) is 12.4. The van der Waals surface area contributed by atoms with Crippen LogP contribution in [0.1, 0.15) is 53.8 Å². The van der Waals surface area contributed by atoms with Gasteiger partial charge < -0.3 is 24.3 Å². The summed E-state index contributed by atoms with van der Waals surface area (Å²) in [6, 6.07) is 21.8. The van der Waals surface area contributed by atoms with Crippen molar-refractivity contribution < 1.29 is 18.7 Å². The van der Waals surface area contributed by atoms with Crippen LogP contribution in [0.3, 0.4) is 0 Å². The van der Waals surface area contributed by atoms with Crippen LogP contribution < -0.4 is 20.4 Å². The molecule has 6 rings (SSSR count). The number of amides is 2. The van der Waals surface area contributed by atoms with Crippen LogP contribution in [0.15, 0.2) is 106 Å². The van der Waals surface area contributed by atoms with Crippen LogP contribution in [-0.4, -0.2) is 49.0 Å². The molecule has 1 aromatic heterocycles. The van der Waals surface area contributed by atoms with Crippen LogP contribution >= 0.6 is 11.6 Å². The van der Waals surface area contributed by atoms with Crippen molar-refractivity contribution in [1.82, 2.24) is 10.2 Å².